The minimum absolute atomic E-state index is 0. The van der Waals surface area contributed by atoms with Crippen molar-refractivity contribution in [2.24, 2.45) is 0 Å². The molecule has 4 rings (SSSR count). The minimum Gasteiger partial charge on any atom is -0.379 e. The molecule has 0 saturated carbocycles. The Bertz CT molecular complexity index is 1010. The molecule has 1 saturated heterocycles. The van der Waals surface area contributed by atoms with Crippen molar-refractivity contribution in [3.8, 4) is 0 Å². The minimum atomic E-state index is -0.0200. The highest BCUT2D eigenvalue weighted by Crippen LogP contribution is 2.32. The third-order valence-electron chi connectivity index (χ3n) is 4.90. The molecule has 3 aromatic rings. The van der Waals surface area contributed by atoms with E-state index in [9.17, 15) is 4.79 Å². The number of carbonyl (C=O) groups is 1. The van der Waals surface area contributed by atoms with Crippen LogP contribution in [0.25, 0.3) is 10.2 Å². The number of ether oxygens (including phenoxy) is 1. The number of carbonyl (C=O) groups excluding carboxylic acids is 1. The largest absolute Gasteiger partial charge is 0.379 e. The number of anilines is 1. The van der Waals surface area contributed by atoms with Crippen molar-refractivity contribution in [3.05, 3.63) is 53.1 Å². The van der Waals surface area contributed by atoms with Crippen molar-refractivity contribution >= 4 is 68.4 Å². The number of nitrogens with zero attached hydrogens (tertiary/aromatic N) is 3. The van der Waals surface area contributed by atoms with Crippen LogP contribution in [0.5, 0.6) is 0 Å². The maximum Gasteiger partial charge on any atom is 0.261 e. The van der Waals surface area contributed by atoms with Crippen LogP contribution in [-0.2, 0) is 4.74 Å². The lowest BCUT2D eigenvalue weighted by molar-refractivity contribution is 0.0391. The molecule has 1 aliphatic heterocycles. The van der Waals surface area contributed by atoms with Crippen molar-refractivity contribution in [1.82, 2.24) is 9.88 Å². The Morgan fingerprint density at radius 2 is 2.03 bits per heavy atom. The zero-order valence-corrected chi connectivity index (χ0v) is 19.8. The van der Waals surface area contributed by atoms with E-state index in [1.807, 2.05) is 53.6 Å². The molecule has 1 fully saturated rings. The third-order valence-corrected chi connectivity index (χ3v) is 6.97. The Hall–Kier alpha value is -1.35. The van der Waals surface area contributed by atoms with Crippen LogP contribution in [0.4, 0.5) is 5.13 Å². The predicted octanol–water partition coefficient (Wildman–Crippen LogP) is 5.07. The van der Waals surface area contributed by atoms with Gasteiger partial charge in [-0.15, -0.1) is 24.2 Å². The van der Waals surface area contributed by atoms with Crippen molar-refractivity contribution in [1.29, 1.82) is 0 Å². The van der Waals surface area contributed by atoms with E-state index in [-0.39, 0.29) is 18.3 Å². The fraction of sp³-hybridized carbons (Fsp3) is 0.333. The molecule has 0 aliphatic carbocycles. The van der Waals surface area contributed by atoms with Gasteiger partial charge in [-0.2, -0.15) is 0 Å². The van der Waals surface area contributed by atoms with Gasteiger partial charge in [0.1, 0.15) is 0 Å². The lowest BCUT2D eigenvalue weighted by Gasteiger charge is -2.29. The van der Waals surface area contributed by atoms with Crippen LogP contribution >= 0.6 is 47.1 Å². The van der Waals surface area contributed by atoms with E-state index in [1.54, 1.807) is 11.8 Å². The summed E-state index contributed by atoms with van der Waals surface area (Å²) in [6, 6.07) is 13.4. The smallest absolute Gasteiger partial charge is 0.261 e. The summed E-state index contributed by atoms with van der Waals surface area (Å²) in [6.07, 6.45) is 1.99. The number of amides is 1. The van der Waals surface area contributed by atoms with Crippen molar-refractivity contribution in [2.45, 2.75) is 4.90 Å². The molecule has 0 N–H and O–H groups in total. The van der Waals surface area contributed by atoms with Gasteiger partial charge >= 0.3 is 0 Å². The van der Waals surface area contributed by atoms with E-state index >= 15 is 0 Å². The number of aromatic nitrogens is 1. The summed E-state index contributed by atoms with van der Waals surface area (Å²) in [5, 5.41) is 1.38. The number of morpholine rings is 1. The van der Waals surface area contributed by atoms with E-state index in [0.29, 0.717) is 22.3 Å². The number of thioether (sulfide) groups is 1. The average molecular weight is 484 g/mol. The molecule has 1 amide bonds. The van der Waals surface area contributed by atoms with E-state index < -0.39 is 0 Å². The molecule has 9 heteroatoms. The Balaban J connectivity index is 0.00000256. The first kappa shape index (κ1) is 23.3. The number of fused-ring (bicyclic) bond motifs is 1. The van der Waals surface area contributed by atoms with E-state index in [2.05, 4.69) is 4.90 Å². The highest BCUT2D eigenvalue weighted by atomic mass is 35.5. The quantitative estimate of drug-likeness (QED) is 0.457. The molecule has 0 bridgehead atoms. The van der Waals surface area contributed by atoms with Crippen molar-refractivity contribution in [2.75, 3.05) is 50.5 Å². The van der Waals surface area contributed by atoms with Crippen molar-refractivity contribution < 1.29 is 9.53 Å². The van der Waals surface area contributed by atoms with Gasteiger partial charge in [0.05, 0.1) is 29.0 Å². The first-order chi connectivity index (χ1) is 14.2. The predicted molar refractivity (Wildman–Crippen MR) is 129 cm³/mol. The number of hydrogen-bond acceptors (Lipinski definition) is 6. The van der Waals surface area contributed by atoms with Crippen LogP contribution in [0.15, 0.2) is 47.4 Å². The standard InChI is InChI=1S/C21H22ClN3O2S2.ClH/c1-28-18-5-3-2-4-16(18)20(26)25(9-8-24-10-12-27-13-11-24)21-23-17-7-6-15(22)14-19(17)29-21;/h2-7,14H,8-13H2,1H3;1H. The van der Waals surface area contributed by atoms with Crippen LogP contribution in [0.2, 0.25) is 5.02 Å². The molecule has 0 unspecified atom stereocenters. The highest BCUT2D eigenvalue weighted by molar-refractivity contribution is 7.98. The normalized spacial score (nSPS) is 14.5. The molecule has 0 atom stereocenters. The summed E-state index contributed by atoms with van der Waals surface area (Å²) in [5.74, 6) is -0.0200. The van der Waals surface area contributed by atoms with Crippen LogP contribution < -0.4 is 4.90 Å². The third kappa shape index (κ3) is 5.28. The van der Waals surface area contributed by atoms with Gasteiger partial charge in [0.25, 0.3) is 5.91 Å². The lowest BCUT2D eigenvalue weighted by atomic mass is 10.2. The van der Waals surface area contributed by atoms with E-state index in [0.717, 1.165) is 48.0 Å². The summed E-state index contributed by atoms with van der Waals surface area (Å²) in [4.78, 5) is 23.4. The Morgan fingerprint density at radius 1 is 1.27 bits per heavy atom. The van der Waals surface area contributed by atoms with Gasteiger partial charge in [0, 0.05) is 36.1 Å². The molecule has 0 radical (unpaired) electrons. The molecule has 2 heterocycles. The highest BCUT2D eigenvalue weighted by Gasteiger charge is 2.24. The fourth-order valence-electron chi connectivity index (χ4n) is 3.32. The fourth-order valence-corrected chi connectivity index (χ4v) is 5.17. The SMILES string of the molecule is CSc1ccccc1C(=O)N(CCN1CCOCC1)c1nc2ccc(Cl)cc2s1.Cl. The number of hydrogen-bond donors (Lipinski definition) is 0. The van der Waals surface area contributed by atoms with Gasteiger partial charge < -0.3 is 4.74 Å². The summed E-state index contributed by atoms with van der Waals surface area (Å²) < 4.78 is 6.42. The van der Waals surface area contributed by atoms with Gasteiger partial charge in [-0.1, -0.05) is 35.1 Å². The lowest BCUT2D eigenvalue weighted by Crippen LogP contribution is -2.43. The van der Waals surface area contributed by atoms with Crippen LogP contribution in [0, 0.1) is 0 Å². The second kappa shape index (κ2) is 10.8. The summed E-state index contributed by atoms with van der Waals surface area (Å²) >= 11 is 9.23. The number of rotatable bonds is 6. The second-order valence-corrected chi connectivity index (χ2v) is 9.01. The number of thiazole rings is 1. The van der Waals surface area contributed by atoms with E-state index in [4.69, 9.17) is 21.3 Å². The maximum atomic E-state index is 13.6. The summed E-state index contributed by atoms with van der Waals surface area (Å²) in [6.45, 7) is 4.62. The monoisotopic (exact) mass is 483 g/mol. The molecule has 5 nitrogen and oxygen atoms in total. The molecule has 1 aliphatic rings. The zero-order chi connectivity index (χ0) is 20.2. The first-order valence-corrected chi connectivity index (χ1v) is 11.9. The second-order valence-electron chi connectivity index (χ2n) is 6.72. The average Bonchev–Trinajstić information content (AvgIpc) is 3.17. The van der Waals surface area contributed by atoms with Crippen molar-refractivity contribution in [3.63, 3.8) is 0 Å². The zero-order valence-electron chi connectivity index (χ0n) is 16.5. The summed E-state index contributed by atoms with van der Waals surface area (Å²) in [5.41, 5.74) is 1.57. The van der Waals surface area contributed by atoms with E-state index in [1.165, 1.54) is 11.3 Å². The number of halogens is 2. The molecular weight excluding hydrogens is 461 g/mol. The van der Waals surface area contributed by atoms with Gasteiger partial charge in [-0.05, 0) is 36.6 Å². The van der Waals surface area contributed by atoms with Crippen LogP contribution in [-0.4, -0.2) is 61.4 Å². The summed E-state index contributed by atoms with van der Waals surface area (Å²) in [7, 11) is 0. The molecule has 1 aromatic heterocycles. The van der Waals surface area contributed by atoms with Gasteiger partial charge in [0.2, 0.25) is 0 Å². The topological polar surface area (TPSA) is 45.7 Å². The maximum absolute atomic E-state index is 13.6. The Morgan fingerprint density at radius 3 is 2.80 bits per heavy atom. The van der Waals surface area contributed by atoms with Crippen LogP contribution in [0.3, 0.4) is 0 Å². The molecule has 160 valence electrons. The number of benzene rings is 2. The first-order valence-electron chi connectivity index (χ1n) is 9.47. The van der Waals surface area contributed by atoms with Gasteiger partial charge in [-0.3, -0.25) is 14.6 Å². The molecular formula is C21H23Cl2N3O2S2. The molecule has 30 heavy (non-hydrogen) atoms. The Kier molecular flexibility index (Phi) is 8.39. The van der Waals surface area contributed by atoms with Gasteiger partial charge in [-0.25, -0.2) is 4.98 Å². The Labute approximate surface area is 195 Å². The van der Waals surface area contributed by atoms with Crippen LogP contribution in [0.1, 0.15) is 10.4 Å². The molecule has 0 spiro atoms. The van der Waals surface area contributed by atoms with Gasteiger partial charge in [0.15, 0.2) is 5.13 Å². The molecule has 2 aromatic carbocycles.